The molecule has 1 fully saturated rings. The lowest BCUT2D eigenvalue weighted by molar-refractivity contribution is 0.319. The van der Waals surface area contributed by atoms with E-state index in [-0.39, 0.29) is 16.4 Å². The number of rotatable bonds is 3. The van der Waals surface area contributed by atoms with Gasteiger partial charge in [-0.3, -0.25) is 0 Å². The number of halogens is 1. The summed E-state index contributed by atoms with van der Waals surface area (Å²) >= 11 is 7.68. The van der Waals surface area contributed by atoms with E-state index in [0.717, 1.165) is 15.2 Å². The summed E-state index contributed by atoms with van der Waals surface area (Å²) in [7, 11) is -3.66. The van der Waals surface area contributed by atoms with Crippen LogP contribution in [0.4, 0.5) is 0 Å². The minimum atomic E-state index is -3.66. The van der Waals surface area contributed by atoms with Crippen molar-refractivity contribution < 1.29 is 8.42 Å². The van der Waals surface area contributed by atoms with Gasteiger partial charge in [-0.05, 0) is 43.2 Å². The molecule has 0 unspecified atom stereocenters. The Hall–Kier alpha value is -1.98. The minimum Gasteiger partial charge on any atom is -0.241 e. The summed E-state index contributed by atoms with van der Waals surface area (Å²) in [6.07, 6.45) is 1.42. The molecule has 0 saturated carbocycles. The molecule has 0 atom stereocenters. The first-order valence-electron chi connectivity index (χ1n) is 8.54. The molecule has 3 aromatic rings. The standard InChI is InChI=1S/C19H16ClN3O2S2/c20-15-5-6-17-16(11-15)22-19(26-17)13-7-9-23(10-8-13)27(24,25)18-4-2-1-3-14(18)12-21/h1-6,11,13H,7-10H2. The quantitative estimate of drug-likeness (QED) is 0.633. The van der Waals surface area contributed by atoms with E-state index in [0.29, 0.717) is 31.0 Å². The lowest BCUT2D eigenvalue weighted by Gasteiger charge is -2.30. The molecule has 0 radical (unpaired) electrons. The van der Waals surface area contributed by atoms with Gasteiger partial charge in [0.05, 0.1) is 25.7 Å². The Labute approximate surface area is 166 Å². The zero-order valence-corrected chi connectivity index (χ0v) is 16.7. The first-order valence-corrected chi connectivity index (χ1v) is 11.2. The molecule has 0 N–H and O–H groups in total. The van der Waals surface area contributed by atoms with Crippen LogP contribution in [0, 0.1) is 11.3 Å². The third-order valence-electron chi connectivity index (χ3n) is 4.79. The molecule has 0 spiro atoms. The normalized spacial score (nSPS) is 16.4. The highest BCUT2D eigenvalue weighted by molar-refractivity contribution is 7.89. The second-order valence-electron chi connectivity index (χ2n) is 6.45. The molecule has 5 nitrogen and oxygen atoms in total. The number of fused-ring (bicyclic) bond motifs is 1. The van der Waals surface area contributed by atoms with Gasteiger partial charge in [-0.1, -0.05) is 23.7 Å². The van der Waals surface area contributed by atoms with Crippen LogP contribution in [0.25, 0.3) is 10.2 Å². The molecule has 0 aliphatic carbocycles. The Bertz CT molecular complexity index is 1140. The fourth-order valence-corrected chi connectivity index (χ4v) is 6.25. The molecule has 2 heterocycles. The van der Waals surface area contributed by atoms with E-state index in [4.69, 9.17) is 16.6 Å². The van der Waals surface area contributed by atoms with Crippen LogP contribution in [0.1, 0.15) is 29.3 Å². The molecular formula is C19H16ClN3O2S2. The Morgan fingerprint density at radius 1 is 1.19 bits per heavy atom. The first-order chi connectivity index (χ1) is 13.0. The minimum absolute atomic E-state index is 0.0839. The lowest BCUT2D eigenvalue weighted by atomic mass is 9.99. The van der Waals surface area contributed by atoms with E-state index in [1.54, 1.807) is 23.5 Å². The monoisotopic (exact) mass is 417 g/mol. The molecule has 27 heavy (non-hydrogen) atoms. The molecule has 138 valence electrons. The van der Waals surface area contributed by atoms with Crippen LogP contribution in [0.5, 0.6) is 0 Å². The number of thiazole rings is 1. The zero-order chi connectivity index (χ0) is 19.0. The van der Waals surface area contributed by atoms with Gasteiger partial charge < -0.3 is 0 Å². The smallest absolute Gasteiger partial charge is 0.241 e. The van der Waals surface area contributed by atoms with Gasteiger partial charge >= 0.3 is 0 Å². The highest BCUT2D eigenvalue weighted by Crippen LogP contribution is 2.36. The van der Waals surface area contributed by atoms with Crippen molar-refractivity contribution in [2.45, 2.75) is 23.7 Å². The average molecular weight is 418 g/mol. The van der Waals surface area contributed by atoms with Gasteiger partial charge in [0.25, 0.3) is 0 Å². The highest BCUT2D eigenvalue weighted by atomic mass is 35.5. The SMILES string of the molecule is N#Cc1ccccc1S(=O)(=O)N1CCC(c2nc3cc(Cl)ccc3s2)CC1. The summed E-state index contributed by atoms with van der Waals surface area (Å²) < 4.78 is 28.4. The molecular weight excluding hydrogens is 402 g/mol. The van der Waals surface area contributed by atoms with Gasteiger partial charge in [0.15, 0.2) is 0 Å². The van der Waals surface area contributed by atoms with Crippen molar-refractivity contribution in [3.8, 4) is 6.07 Å². The highest BCUT2D eigenvalue weighted by Gasteiger charge is 2.32. The van der Waals surface area contributed by atoms with Gasteiger partial charge in [0, 0.05) is 24.0 Å². The number of benzene rings is 2. The van der Waals surface area contributed by atoms with Gasteiger partial charge in [0.1, 0.15) is 6.07 Å². The largest absolute Gasteiger partial charge is 0.244 e. The second-order valence-corrected chi connectivity index (χ2v) is 9.86. The van der Waals surface area contributed by atoms with Gasteiger partial charge in [0.2, 0.25) is 10.0 Å². The van der Waals surface area contributed by atoms with Crippen molar-refractivity contribution in [3.63, 3.8) is 0 Å². The molecule has 1 aromatic heterocycles. The molecule has 1 aliphatic rings. The maximum absolute atomic E-state index is 12.9. The first kappa shape index (κ1) is 18.4. The predicted octanol–water partition coefficient (Wildman–Crippen LogP) is 4.39. The summed E-state index contributed by atoms with van der Waals surface area (Å²) in [5.74, 6) is 0.235. The van der Waals surface area contributed by atoms with E-state index >= 15 is 0 Å². The maximum Gasteiger partial charge on any atom is 0.244 e. The fraction of sp³-hybridized carbons (Fsp3) is 0.263. The molecule has 0 amide bonds. The van der Waals surface area contributed by atoms with E-state index in [1.807, 2.05) is 24.3 Å². The number of hydrogen-bond donors (Lipinski definition) is 0. The van der Waals surface area contributed by atoms with Crippen LogP contribution in [0.3, 0.4) is 0 Å². The topological polar surface area (TPSA) is 74.1 Å². The van der Waals surface area contributed by atoms with Crippen molar-refractivity contribution in [1.29, 1.82) is 5.26 Å². The van der Waals surface area contributed by atoms with E-state index in [1.165, 1.54) is 16.4 Å². The maximum atomic E-state index is 12.9. The average Bonchev–Trinajstić information content (AvgIpc) is 3.11. The number of hydrogen-bond acceptors (Lipinski definition) is 5. The van der Waals surface area contributed by atoms with Crippen LogP contribution >= 0.6 is 22.9 Å². The molecule has 2 aromatic carbocycles. The van der Waals surface area contributed by atoms with Gasteiger partial charge in [-0.2, -0.15) is 9.57 Å². The van der Waals surface area contributed by atoms with E-state index < -0.39 is 10.0 Å². The van der Waals surface area contributed by atoms with Gasteiger partial charge in [-0.15, -0.1) is 11.3 Å². The van der Waals surface area contributed by atoms with E-state index in [9.17, 15) is 13.7 Å². The van der Waals surface area contributed by atoms with Crippen LogP contribution in [0.2, 0.25) is 5.02 Å². The zero-order valence-electron chi connectivity index (χ0n) is 14.3. The molecule has 0 bridgehead atoms. The third kappa shape index (κ3) is 3.46. The summed E-state index contributed by atoms with van der Waals surface area (Å²) in [4.78, 5) is 4.78. The van der Waals surface area contributed by atoms with Crippen LogP contribution in [-0.4, -0.2) is 30.8 Å². The van der Waals surface area contributed by atoms with Crippen molar-refractivity contribution in [2.75, 3.05) is 13.1 Å². The van der Waals surface area contributed by atoms with E-state index in [2.05, 4.69) is 0 Å². The number of aromatic nitrogens is 1. The molecule has 8 heteroatoms. The summed E-state index contributed by atoms with van der Waals surface area (Å²) in [5, 5.41) is 10.9. The summed E-state index contributed by atoms with van der Waals surface area (Å²) in [6.45, 7) is 0.840. The Balaban J connectivity index is 1.53. The Kier molecular flexibility index (Phi) is 4.91. The van der Waals surface area contributed by atoms with Gasteiger partial charge in [-0.25, -0.2) is 13.4 Å². The number of nitriles is 1. The van der Waals surface area contributed by atoms with Crippen molar-refractivity contribution in [3.05, 3.63) is 58.1 Å². The molecule has 1 aliphatic heterocycles. The number of nitrogens with zero attached hydrogens (tertiary/aromatic N) is 3. The number of piperidine rings is 1. The fourth-order valence-electron chi connectivity index (χ4n) is 3.36. The second kappa shape index (κ2) is 7.21. The summed E-state index contributed by atoms with van der Waals surface area (Å²) in [5.41, 5.74) is 1.07. The Morgan fingerprint density at radius 2 is 1.93 bits per heavy atom. The Morgan fingerprint density at radius 3 is 2.67 bits per heavy atom. The third-order valence-corrected chi connectivity index (χ3v) is 8.19. The van der Waals surface area contributed by atoms with Crippen molar-refractivity contribution in [1.82, 2.24) is 9.29 Å². The van der Waals surface area contributed by atoms with Crippen LogP contribution in [0.15, 0.2) is 47.4 Å². The van der Waals surface area contributed by atoms with Crippen LogP contribution in [-0.2, 0) is 10.0 Å². The van der Waals surface area contributed by atoms with Crippen molar-refractivity contribution >= 4 is 43.2 Å². The number of sulfonamides is 1. The molecule has 4 rings (SSSR count). The summed E-state index contributed by atoms with van der Waals surface area (Å²) in [6, 6.07) is 14.0. The van der Waals surface area contributed by atoms with Crippen molar-refractivity contribution in [2.24, 2.45) is 0 Å². The molecule has 1 saturated heterocycles. The van der Waals surface area contributed by atoms with Crippen LogP contribution < -0.4 is 0 Å². The predicted molar refractivity (Wildman–Crippen MR) is 107 cm³/mol. The lowest BCUT2D eigenvalue weighted by Crippen LogP contribution is -2.38.